The zero-order chi connectivity index (χ0) is 21.8. The largest absolute Gasteiger partial charge is 0.444 e. The summed E-state index contributed by atoms with van der Waals surface area (Å²) in [6, 6.07) is 9.90. The Hall–Kier alpha value is -3.42. The summed E-state index contributed by atoms with van der Waals surface area (Å²) in [6.07, 6.45) is 6.89. The zero-order valence-corrected chi connectivity index (χ0v) is 18.1. The van der Waals surface area contributed by atoms with Crippen molar-refractivity contribution in [1.29, 1.82) is 0 Å². The van der Waals surface area contributed by atoms with E-state index >= 15 is 0 Å². The normalized spacial score (nSPS) is 18.4. The molecule has 1 fully saturated rings. The third-order valence-corrected chi connectivity index (χ3v) is 5.56. The van der Waals surface area contributed by atoms with E-state index in [-0.39, 0.29) is 11.9 Å². The van der Waals surface area contributed by atoms with E-state index in [1.807, 2.05) is 56.3 Å². The van der Waals surface area contributed by atoms with Crippen molar-refractivity contribution in [1.82, 2.24) is 20.3 Å². The van der Waals surface area contributed by atoms with E-state index in [1.165, 1.54) is 6.39 Å². The predicted molar refractivity (Wildman–Crippen MR) is 120 cm³/mol. The molecular weight excluding hydrogens is 392 g/mol. The third kappa shape index (κ3) is 5.20. The van der Waals surface area contributed by atoms with Gasteiger partial charge in [0.1, 0.15) is 17.5 Å². The van der Waals surface area contributed by atoms with E-state index in [1.54, 1.807) is 6.20 Å². The molecule has 1 aliphatic carbocycles. The molecule has 1 saturated carbocycles. The molecule has 8 nitrogen and oxygen atoms in total. The molecule has 0 atom stereocenters. The number of anilines is 2. The lowest BCUT2D eigenvalue weighted by Gasteiger charge is -2.30. The molecular formula is C23H28N6O2. The molecule has 0 spiro atoms. The predicted octanol–water partition coefficient (Wildman–Crippen LogP) is 3.66. The minimum atomic E-state index is -0.0393. The fourth-order valence-corrected chi connectivity index (χ4v) is 3.86. The zero-order valence-electron chi connectivity index (χ0n) is 18.1. The van der Waals surface area contributed by atoms with Crippen LogP contribution in [-0.2, 0) is 0 Å². The monoisotopic (exact) mass is 420 g/mol. The maximum absolute atomic E-state index is 12.6. The molecule has 4 rings (SSSR count). The molecule has 2 N–H and O–H groups in total. The number of aryl methyl sites for hydroxylation is 1. The SMILES string of the molecule is Cc1nc(NC2CCC(NC(=O)c3ccc(-c4cnco4)cc3)CC2)cc(N(C)C)n1. The van der Waals surface area contributed by atoms with Crippen molar-refractivity contribution >= 4 is 17.5 Å². The topological polar surface area (TPSA) is 96.2 Å². The van der Waals surface area contributed by atoms with Gasteiger partial charge in [-0.2, -0.15) is 0 Å². The van der Waals surface area contributed by atoms with E-state index in [2.05, 4.69) is 25.6 Å². The lowest BCUT2D eigenvalue weighted by atomic mass is 9.91. The minimum absolute atomic E-state index is 0.0393. The molecule has 1 aromatic carbocycles. The van der Waals surface area contributed by atoms with Gasteiger partial charge in [0, 0.05) is 43.4 Å². The van der Waals surface area contributed by atoms with Gasteiger partial charge in [-0.1, -0.05) is 12.1 Å². The summed E-state index contributed by atoms with van der Waals surface area (Å²) in [5, 5.41) is 6.71. The standard InChI is InChI=1S/C23H28N6O2/c1-15-25-21(12-22(26-15)29(2)3)27-18-8-10-19(11-9-18)28-23(30)17-6-4-16(5-7-17)20-13-24-14-31-20/h4-7,12-14,18-19H,8-11H2,1-3H3,(H,28,30)(H,25,26,27). The molecule has 0 radical (unpaired) electrons. The third-order valence-electron chi connectivity index (χ3n) is 5.56. The number of benzene rings is 1. The Morgan fingerprint density at radius 3 is 2.42 bits per heavy atom. The first kappa shape index (κ1) is 20.8. The quantitative estimate of drug-likeness (QED) is 0.628. The van der Waals surface area contributed by atoms with Gasteiger partial charge in [0.2, 0.25) is 0 Å². The fraction of sp³-hybridized carbons (Fsp3) is 0.391. The van der Waals surface area contributed by atoms with Crippen molar-refractivity contribution in [2.75, 3.05) is 24.3 Å². The molecule has 0 aliphatic heterocycles. The van der Waals surface area contributed by atoms with Crippen LogP contribution in [0.3, 0.4) is 0 Å². The van der Waals surface area contributed by atoms with Gasteiger partial charge in [-0.25, -0.2) is 15.0 Å². The second kappa shape index (κ2) is 9.16. The molecule has 2 heterocycles. The number of oxazole rings is 1. The molecule has 0 saturated heterocycles. The number of amides is 1. The first-order chi connectivity index (χ1) is 15.0. The van der Waals surface area contributed by atoms with Gasteiger partial charge in [0.05, 0.1) is 6.20 Å². The average Bonchev–Trinajstić information content (AvgIpc) is 3.30. The second-order valence-electron chi connectivity index (χ2n) is 8.16. The summed E-state index contributed by atoms with van der Waals surface area (Å²) in [5.74, 6) is 3.15. The van der Waals surface area contributed by atoms with Crippen LogP contribution in [0.2, 0.25) is 0 Å². The van der Waals surface area contributed by atoms with Crippen molar-refractivity contribution in [2.24, 2.45) is 0 Å². The van der Waals surface area contributed by atoms with Gasteiger partial charge in [-0.15, -0.1) is 0 Å². The van der Waals surface area contributed by atoms with Crippen molar-refractivity contribution in [3.8, 4) is 11.3 Å². The molecule has 1 aliphatic rings. The molecule has 2 aromatic heterocycles. The molecule has 162 valence electrons. The summed E-state index contributed by atoms with van der Waals surface area (Å²) >= 11 is 0. The molecule has 8 heteroatoms. The Kier molecular flexibility index (Phi) is 6.16. The van der Waals surface area contributed by atoms with E-state index in [0.29, 0.717) is 17.4 Å². The fourth-order valence-electron chi connectivity index (χ4n) is 3.86. The van der Waals surface area contributed by atoms with Crippen LogP contribution in [0.5, 0.6) is 0 Å². The van der Waals surface area contributed by atoms with Gasteiger partial charge in [0.25, 0.3) is 5.91 Å². The highest BCUT2D eigenvalue weighted by Crippen LogP contribution is 2.24. The van der Waals surface area contributed by atoms with Crippen molar-refractivity contribution < 1.29 is 9.21 Å². The summed E-state index contributed by atoms with van der Waals surface area (Å²) in [7, 11) is 3.95. The van der Waals surface area contributed by atoms with Gasteiger partial charge in [-0.05, 0) is 44.7 Å². The van der Waals surface area contributed by atoms with Crippen LogP contribution in [-0.4, -0.2) is 47.0 Å². The molecule has 0 bridgehead atoms. The average molecular weight is 421 g/mol. The van der Waals surface area contributed by atoms with Crippen LogP contribution in [0.25, 0.3) is 11.3 Å². The van der Waals surface area contributed by atoms with E-state index in [9.17, 15) is 4.79 Å². The Morgan fingerprint density at radius 2 is 1.77 bits per heavy atom. The first-order valence-electron chi connectivity index (χ1n) is 10.6. The Bertz CT molecular complexity index is 1010. The highest BCUT2D eigenvalue weighted by atomic mass is 16.3. The minimum Gasteiger partial charge on any atom is -0.444 e. The first-order valence-corrected chi connectivity index (χ1v) is 10.6. The summed E-state index contributed by atoms with van der Waals surface area (Å²) < 4.78 is 5.29. The highest BCUT2D eigenvalue weighted by Gasteiger charge is 2.23. The van der Waals surface area contributed by atoms with E-state index in [0.717, 1.165) is 48.7 Å². The van der Waals surface area contributed by atoms with E-state index in [4.69, 9.17) is 4.42 Å². The van der Waals surface area contributed by atoms with Crippen LogP contribution in [0.4, 0.5) is 11.6 Å². The summed E-state index contributed by atoms with van der Waals surface area (Å²) in [4.78, 5) is 27.5. The number of carbonyl (C=O) groups excluding carboxylic acids is 1. The van der Waals surface area contributed by atoms with Crippen LogP contribution in [0, 0.1) is 6.92 Å². The summed E-state index contributed by atoms with van der Waals surface area (Å²) in [5.41, 5.74) is 1.55. The number of carbonyl (C=O) groups is 1. The van der Waals surface area contributed by atoms with Crippen molar-refractivity contribution in [3.63, 3.8) is 0 Å². The molecule has 1 amide bonds. The van der Waals surface area contributed by atoms with Crippen LogP contribution >= 0.6 is 0 Å². The number of hydrogen-bond donors (Lipinski definition) is 2. The van der Waals surface area contributed by atoms with Gasteiger partial charge < -0.3 is 20.0 Å². The Balaban J connectivity index is 1.29. The van der Waals surface area contributed by atoms with Gasteiger partial charge >= 0.3 is 0 Å². The molecule has 0 unspecified atom stereocenters. The molecule has 31 heavy (non-hydrogen) atoms. The lowest BCUT2D eigenvalue weighted by Crippen LogP contribution is -2.40. The number of nitrogens with zero attached hydrogens (tertiary/aromatic N) is 4. The number of rotatable bonds is 6. The lowest BCUT2D eigenvalue weighted by molar-refractivity contribution is 0.0926. The van der Waals surface area contributed by atoms with Crippen molar-refractivity contribution in [2.45, 2.75) is 44.7 Å². The highest BCUT2D eigenvalue weighted by molar-refractivity contribution is 5.94. The van der Waals surface area contributed by atoms with Crippen LogP contribution in [0.1, 0.15) is 41.9 Å². The van der Waals surface area contributed by atoms with Gasteiger partial charge in [0.15, 0.2) is 12.2 Å². The Labute approximate surface area is 182 Å². The van der Waals surface area contributed by atoms with Crippen LogP contribution < -0.4 is 15.5 Å². The Morgan fingerprint density at radius 1 is 1.06 bits per heavy atom. The number of hydrogen-bond acceptors (Lipinski definition) is 7. The van der Waals surface area contributed by atoms with Crippen molar-refractivity contribution in [3.05, 3.63) is 54.3 Å². The summed E-state index contributed by atoms with van der Waals surface area (Å²) in [6.45, 7) is 1.91. The number of nitrogens with one attached hydrogen (secondary N) is 2. The van der Waals surface area contributed by atoms with E-state index < -0.39 is 0 Å². The maximum atomic E-state index is 12.6. The smallest absolute Gasteiger partial charge is 0.251 e. The molecule has 3 aromatic rings. The van der Waals surface area contributed by atoms with Gasteiger partial charge in [-0.3, -0.25) is 4.79 Å². The number of aromatic nitrogens is 3. The second-order valence-corrected chi connectivity index (χ2v) is 8.16. The van der Waals surface area contributed by atoms with Crippen LogP contribution in [0.15, 0.2) is 47.3 Å². The maximum Gasteiger partial charge on any atom is 0.251 e.